The lowest BCUT2D eigenvalue weighted by Gasteiger charge is -2.30. The van der Waals surface area contributed by atoms with Crippen LogP contribution in [0.2, 0.25) is 0 Å². The van der Waals surface area contributed by atoms with Crippen LogP contribution < -0.4 is 9.47 Å². The lowest BCUT2D eigenvalue weighted by molar-refractivity contribution is -0.142. The molecular weight excluding hydrogens is 462 g/mol. The third-order valence-electron chi connectivity index (χ3n) is 5.08. The molecule has 0 spiro atoms. The van der Waals surface area contributed by atoms with E-state index < -0.39 is 11.7 Å². The molecule has 1 atom stereocenters. The number of rotatable bonds is 13. The van der Waals surface area contributed by atoms with Crippen molar-refractivity contribution in [1.29, 1.82) is 0 Å². The highest BCUT2D eigenvalue weighted by Gasteiger charge is 2.37. The predicted octanol–water partition coefficient (Wildman–Crippen LogP) is 4.55. The summed E-state index contributed by atoms with van der Waals surface area (Å²) < 4.78 is 16.1. The van der Waals surface area contributed by atoms with Gasteiger partial charge in [-0.25, -0.2) is 0 Å². The second kappa shape index (κ2) is 14.2. The van der Waals surface area contributed by atoms with E-state index in [2.05, 4.69) is 13.8 Å². The molecule has 1 aliphatic rings. The van der Waals surface area contributed by atoms with Gasteiger partial charge in [0.05, 0.1) is 24.0 Å². The number of amides is 1. The molecule has 0 aliphatic carbocycles. The largest absolute Gasteiger partial charge is 0.493 e. The summed E-state index contributed by atoms with van der Waals surface area (Å²) in [5.74, 6) is 1.36. The van der Waals surface area contributed by atoms with Crippen LogP contribution in [0.15, 0.2) is 30.5 Å². The Bertz CT molecular complexity index is 838. The van der Waals surface area contributed by atoms with Gasteiger partial charge in [-0.05, 0) is 48.6 Å². The molecular formula is C24H33NO6S2. The molecule has 7 nitrogen and oxygen atoms in total. The first-order chi connectivity index (χ1) is 16.0. The van der Waals surface area contributed by atoms with Crippen molar-refractivity contribution in [3.8, 4) is 11.5 Å². The summed E-state index contributed by atoms with van der Waals surface area (Å²) in [5.41, 5.74) is 0.263. The van der Waals surface area contributed by atoms with Gasteiger partial charge in [0.2, 0.25) is 0 Å². The summed E-state index contributed by atoms with van der Waals surface area (Å²) in [7, 11) is 1.47. The zero-order valence-electron chi connectivity index (χ0n) is 19.7. The molecule has 0 radical (unpaired) electrons. The van der Waals surface area contributed by atoms with Gasteiger partial charge in [-0.3, -0.25) is 14.4 Å². The summed E-state index contributed by atoms with van der Waals surface area (Å²) >= 11 is 3.67. The summed E-state index contributed by atoms with van der Waals surface area (Å²) in [6.07, 6.45) is 5.08. The fourth-order valence-corrected chi connectivity index (χ4v) is 6.36. The average Bonchev–Trinajstić information content (AvgIpc) is 3.32. The Kier molecular flexibility index (Phi) is 11.7. The van der Waals surface area contributed by atoms with E-state index in [0.717, 1.165) is 24.3 Å². The molecule has 1 aromatic carbocycles. The fourth-order valence-electron chi connectivity index (χ4n) is 3.49. The Morgan fingerprint density at radius 3 is 2.52 bits per heavy atom. The Labute approximate surface area is 204 Å². The number of likely N-dealkylation sites (tertiary alicyclic amines) is 1. The minimum Gasteiger partial charge on any atom is -0.493 e. The molecule has 1 aliphatic heterocycles. The number of nitrogens with zero attached hydrogens (tertiary/aromatic N) is 1. The fraction of sp³-hybridized carbons (Fsp3) is 0.542. The molecule has 1 amide bonds. The zero-order chi connectivity index (χ0) is 24.2. The van der Waals surface area contributed by atoms with Crippen LogP contribution in [-0.4, -0.2) is 65.0 Å². The summed E-state index contributed by atoms with van der Waals surface area (Å²) in [6.45, 7) is 6.65. The molecule has 0 bridgehead atoms. The van der Waals surface area contributed by atoms with Crippen LogP contribution in [0.3, 0.4) is 0 Å². The van der Waals surface area contributed by atoms with Crippen molar-refractivity contribution in [3.05, 3.63) is 36.1 Å². The van der Waals surface area contributed by atoms with Crippen LogP contribution in [0.25, 0.3) is 0 Å². The van der Waals surface area contributed by atoms with Crippen molar-refractivity contribution in [3.63, 3.8) is 0 Å². The maximum Gasteiger partial charge on any atom is 0.305 e. The van der Waals surface area contributed by atoms with E-state index in [4.69, 9.17) is 14.2 Å². The SMILES string of the molecule is CCSC(SCC)[C@@H]1CCCN1C(=O)C(=O)c1ccc(OC=CCOC(=O)CC)c(OC)c1. The van der Waals surface area contributed by atoms with E-state index in [1.54, 1.807) is 30.0 Å². The maximum atomic E-state index is 13.1. The number of methoxy groups -OCH3 is 1. The molecule has 1 aromatic rings. The van der Waals surface area contributed by atoms with Crippen molar-refractivity contribution < 1.29 is 28.6 Å². The van der Waals surface area contributed by atoms with E-state index in [1.807, 2.05) is 23.5 Å². The van der Waals surface area contributed by atoms with Gasteiger partial charge >= 0.3 is 5.97 Å². The zero-order valence-corrected chi connectivity index (χ0v) is 21.3. The molecule has 0 saturated carbocycles. The summed E-state index contributed by atoms with van der Waals surface area (Å²) in [5, 5.41) is 0. The van der Waals surface area contributed by atoms with Crippen molar-refractivity contribution in [2.45, 2.75) is 50.7 Å². The normalized spacial score (nSPS) is 15.8. The quantitative estimate of drug-likeness (QED) is 0.130. The molecule has 33 heavy (non-hydrogen) atoms. The van der Waals surface area contributed by atoms with Crippen molar-refractivity contribution in [2.75, 3.05) is 31.8 Å². The molecule has 1 heterocycles. The highest BCUT2D eigenvalue weighted by molar-refractivity contribution is 8.17. The molecule has 0 unspecified atom stereocenters. The number of Topliss-reactive ketones (excluding diaryl/α,β-unsaturated/α-hetero) is 1. The number of thioether (sulfide) groups is 2. The number of carbonyl (C=O) groups is 3. The van der Waals surface area contributed by atoms with Gasteiger partial charge in [-0.1, -0.05) is 20.8 Å². The van der Waals surface area contributed by atoms with Crippen molar-refractivity contribution >= 4 is 41.2 Å². The monoisotopic (exact) mass is 495 g/mol. The minimum absolute atomic E-state index is 0.0628. The van der Waals surface area contributed by atoms with E-state index in [-0.39, 0.29) is 28.8 Å². The maximum absolute atomic E-state index is 13.1. The minimum atomic E-state index is -0.546. The lowest BCUT2D eigenvalue weighted by Crippen LogP contribution is -2.44. The van der Waals surface area contributed by atoms with Crippen molar-refractivity contribution in [2.24, 2.45) is 0 Å². The number of esters is 1. The van der Waals surface area contributed by atoms with Crippen LogP contribution in [0, 0.1) is 0 Å². The Morgan fingerprint density at radius 1 is 1.15 bits per heavy atom. The van der Waals surface area contributed by atoms with Gasteiger partial charge in [0.15, 0.2) is 11.5 Å². The first kappa shape index (κ1) is 27.1. The first-order valence-electron chi connectivity index (χ1n) is 11.2. The number of hydrogen-bond acceptors (Lipinski definition) is 8. The van der Waals surface area contributed by atoms with Crippen LogP contribution in [0.1, 0.15) is 50.4 Å². The van der Waals surface area contributed by atoms with Crippen LogP contribution in [-0.2, 0) is 14.3 Å². The third-order valence-corrected chi connectivity index (χ3v) is 7.85. The summed E-state index contributed by atoms with van der Waals surface area (Å²) in [6, 6.07) is 4.73. The van der Waals surface area contributed by atoms with Crippen LogP contribution >= 0.6 is 23.5 Å². The number of ether oxygens (including phenoxy) is 3. The Balaban J connectivity index is 2.08. The van der Waals surface area contributed by atoms with Gasteiger partial charge in [-0.15, -0.1) is 23.5 Å². The Hall–Kier alpha value is -2.13. The van der Waals surface area contributed by atoms with E-state index in [9.17, 15) is 14.4 Å². The smallest absolute Gasteiger partial charge is 0.305 e. The van der Waals surface area contributed by atoms with Gasteiger partial charge in [0, 0.05) is 18.5 Å². The highest BCUT2D eigenvalue weighted by Crippen LogP contribution is 2.35. The van der Waals surface area contributed by atoms with Crippen LogP contribution in [0.5, 0.6) is 11.5 Å². The topological polar surface area (TPSA) is 82.1 Å². The van der Waals surface area contributed by atoms with Gasteiger partial charge in [0.25, 0.3) is 11.7 Å². The molecule has 1 saturated heterocycles. The molecule has 182 valence electrons. The van der Waals surface area contributed by atoms with Crippen molar-refractivity contribution in [1.82, 2.24) is 4.90 Å². The average molecular weight is 496 g/mol. The molecule has 9 heteroatoms. The first-order valence-corrected chi connectivity index (χ1v) is 13.3. The molecule has 0 N–H and O–H groups in total. The van der Waals surface area contributed by atoms with Gasteiger partial charge < -0.3 is 19.1 Å². The van der Waals surface area contributed by atoms with E-state index in [0.29, 0.717) is 24.5 Å². The molecule has 1 fully saturated rings. The highest BCUT2D eigenvalue weighted by atomic mass is 32.2. The number of ketones is 1. The van der Waals surface area contributed by atoms with Crippen LogP contribution in [0.4, 0.5) is 0 Å². The number of carbonyl (C=O) groups excluding carboxylic acids is 3. The second-order valence-corrected chi connectivity index (χ2v) is 10.3. The summed E-state index contributed by atoms with van der Waals surface area (Å²) in [4.78, 5) is 39.0. The number of hydrogen-bond donors (Lipinski definition) is 0. The van der Waals surface area contributed by atoms with Gasteiger partial charge in [-0.2, -0.15) is 0 Å². The van der Waals surface area contributed by atoms with Gasteiger partial charge in [0.1, 0.15) is 6.61 Å². The van der Waals surface area contributed by atoms with E-state index >= 15 is 0 Å². The third kappa shape index (κ3) is 7.71. The number of benzene rings is 1. The second-order valence-electron chi connectivity index (χ2n) is 7.21. The standard InChI is InChI=1S/C24H33NO6S2/c1-5-21(26)31-15-9-14-30-19-12-11-17(16-20(19)29-4)22(27)23(28)25-13-8-10-18(25)24(32-6-2)33-7-3/h9,11-12,14,16,18,24H,5-8,10,13,15H2,1-4H3/t18-/m0/s1. The van der Waals surface area contributed by atoms with E-state index in [1.165, 1.54) is 19.4 Å². The lowest BCUT2D eigenvalue weighted by atomic mass is 10.1. The predicted molar refractivity (Wildman–Crippen MR) is 133 cm³/mol. The molecule has 2 rings (SSSR count). The Morgan fingerprint density at radius 2 is 1.88 bits per heavy atom. The molecule has 0 aromatic heterocycles.